The molecule has 0 saturated heterocycles. The smallest absolute Gasteiger partial charge is 0.207 e. The summed E-state index contributed by atoms with van der Waals surface area (Å²) in [4.78, 5) is 6.97. The van der Waals surface area contributed by atoms with E-state index in [0.717, 1.165) is 22.1 Å². The van der Waals surface area contributed by atoms with Gasteiger partial charge in [0.1, 0.15) is 6.04 Å². The minimum absolute atomic E-state index is 0.0404. The number of nitrogens with two attached hydrogens (primary N) is 1. The summed E-state index contributed by atoms with van der Waals surface area (Å²) in [5, 5.41) is 2.02. The van der Waals surface area contributed by atoms with Crippen molar-refractivity contribution < 1.29 is 4.84 Å². The predicted molar refractivity (Wildman–Crippen MR) is 84.8 cm³/mol. The Morgan fingerprint density at radius 2 is 2.10 bits per heavy atom. The molecule has 1 aromatic heterocycles. The molecule has 0 bridgehead atoms. The molecule has 0 fully saturated rings. The molecule has 2 aliphatic rings. The van der Waals surface area contributed by atoms with Crippen LogP contribution < -0.4 is 5.73 Å². The van der Waals surface area contributed by atoms with Crippen molar-refractivity contribution in [3.63, 3.8) is 0 Å². The Morgan fingerprint density at radius 1 is 1.24 bits per heavy atom. The number of aryl methyl sites for hydroxylation is 1. The van der Waals surface area contributed by atoms with Gasteiger partial charge in [0, 0.05) is 11.0 Å². The molecule has 0 spiro atoms. The molecule has 21 heavy (non-hydrogen) atoms. The number of hydrogen-bond donors (Lipinski definition) is 1. The van der Waals surface area contributed by atoms with Gasteiger partial charge in [-0.2, -0.15) is 0 Å². The SMILES string of the molecule is NC1=CC(c2ccc(Cl)s2)N(C2CCc3ccccc32)O1. The van der Waals surface area contributed by atoms with Gasteiger partial charge in [0.2, 0.25) is 5.88 Å². The minimum Gasteiger partial charge on any atom is -0.387 e. The first-order chi connectivity index (χ1) is 10.2. The van der Waals surface area contributed by atoms with Gasteiger partial charge in [-0.05, 0) is 36.1 Å². The van der Waals surface area contributed by atoms with Crippen molar-refractivity contribution in [1.82, 2.24) is 5.06 Å². The molecular weight excluding hydrogens is 304 g/mol. The van der Waals surface area contributed by atoms with Gasteiger partial charge < -0.3 is 10.6 Å². The van der Waals surface area contributed by atoms with E-state index < -0.39 is 0 Å². The molecule has 1 aliphatic carbocycles. The second-order valence-electron chi connectivity index (χ2n) is 5.36. The number of fused-ring (bicyclic) bond motifs is 1. The molecule has 0 radical (unpaired) electrons. The van der Waals surface area contributed by atoms with Gasteiger partial charge in [-0.1, -0.05) is 35.9 Å². The summed E-state index contributed by atoms with van der Waals surface area (Å²) >= 11 is 7.65. The zero-order chi connectivity index (χ0) is 14.4. The minimum atomic E-state index is 0.0404. The van der Waals surface area contributed by atoms with Crippen LogP contribution in [0.4, 0.5) is 0 Å². The van der Waals surface area contributed by atoms with Crippen LogP contribution >= 0.6 is 22.9 Å². The summed E-state index contributed by atoms with van der Waals surface area (Å²) in [5.41, 5.74) is 8.66. The molecule has 2 unspecified atom stereocenters. The third-order valence-corrected chi connectivity index (χ3v) is 5.40. The fraction of sp³-hybridized carbons (Fsp3) is 0.250. The molecule has 1 aliphatic heterocycles. The van der Waals surface area contributed by atoms with Gasteiger partial charge in [-0.3, -0.25) is 0 Å². The number of hydroxylamine groups is 2. The van der Waals surface area contributed by atoms with Gasteiger partial charge in [0.05, 0.1) is 10.4 Å². The van der Waals surface area contributed by atoms with Crippen LogP contribution in [-0.4, -0.2) is 5.06 Å². The van der Waals surface area contributed by atoms with Crippen LogP contribution in [0.25, 0.3) is 0 Å². The fourth-order valence-electron chi connectivity index (χ4n) is 3.19. The lowest BCUT2D eigenvalue weighted by Gasteiger charge is -2.28. The number of thiophene rings is 1. The first-order valence-electron chi connectivity index (χ1n) is 6.99. The maximum absolute atomic E-state index is 6.07. The highest BCUT2D eigenvalue weighted by atomic mass is 35.5. The summed E-state index contributed by atoms with van der Waals surface area (Å²) in [6.45, 7) is 0. The van der Waals surface area contributed by atoms with Crippen molar-refractivity contribution in [2.75, 3.05) is 0 Å². The molecule has 0 saturated carbocycles. The summed E-state index contributed by atoms with van der Waals surface area (Å²) in [6.07, 6.45) is 4.09. The maximum atomic E-state index is 6.07. The van der Waals surface area contributed by atoms with E-state index in [2.05, 4.69) is 24.3 Å². The van der Waals surface area contributed by atoms with Gasteiger partial charge in [-0.25, -0.2) is 0 Å². The van der Waals surface area contributed by atoms with E-state index in [9.17, 15) is 0 Å². The van der Waals surface area contributed by atoms with Crippen molar-refractivity contribution in [3.05, 3.63) is 68.7 Å². The highest BCUT2D eigenvalue weighted by molar-refractivity contribution is 7.16. The molecule has 2 aromatic rings. The number of nitrogens with zero attached hydrogens (tertiary/aromatic N) is 1. The monoisotopic (exact) mass is 318 g/mol. The molecular formula is C16H15ClN2OS. The van der Waals surface area contributed by atoms with E-state index in [-0.39, 0.29) is 12.1 Å². The quantitative estimate of drug-likeness (QED) is 0.903. The zero-order valence-corrected chi connectivity index (χ0v) is 12.9. The lowest BCUT2D eigenvalue weighted by atomic mass is 10.1. The van der Waals surface area contributed by atoms with Gasteiger partial charge in [0.25, 0.3) is 0 Å². The van der Waals surface area contributed by atoms with Crippen molar-refractivity contribution in [2.45, 2.75) is 24.9 Å². The molecule has 4 rings (SSSR count). The van der Waals surface area contributed by atoms with Gasteiger partial charge in [0.15, 0.2) is 0 Å². The van der Waals surface area contributed by atoms with E-state index >= 15 is 0 Å². The lowest BCUT2D eigenvalue weighted by Crippen LogP contribution is -2.27. The summed E-state index contributed by atoms with van der Waals surface area (Å²) in [7, 11) is 0. The Labute approximate surface area is 132 Å². The van der Waals surface area contributed by atoms with Crippen LogP contribution in [-0.2, 0) is 11.3 Å². The van der Waals surface area contributed by atoms with Crippen LogP contribution in [0.2, 0.25) is 4.34 Å². The van der Waals surface area contributed by atoms with Crippen LogP contribution in [0.1, 0.15) is 34.5 Å². The second kappa shape index (κ2) is 5.05. The standard InChI is InChI=1S/C16H15ClN2OS/c17-15-8-7-14(21-15)13-9-16(18)20-19(13)12-6-5-10-3-1-2-4-11(10)12/h1-4,7-9,12-13H,5-6,18H2. The Hall–Kier alpha value is -1.49. The molecule has 3 nitrogen and oxygen atoms in total. The van der Waals surface area contributed by atoms with E-state index in [1.165, 1.54) is 11.1 Å². The third-order valence-electron chi connectivity index (χ3n) is 4.10. The normalized spacial score (nSPS) is 24.7. The fourth-order valence-corrected chi connectivity index (χ4v) is 4.31. The van der Waals surface area contributed by atoms with Crippen molar-refractivity contribution in [2.24, 2.45) is 5.73 Å². The summed E-state index contributed by atoms with van der Waals surface area (Å²) < 4.78 is 0.788. The topological polar surface area (TPSA) is 38.5 Å². The number of hydrogen-bond acceptors (Lipinski definition) is 4. The van der Waals surface area contributed by atoms with Crippen LogP contribution in [0.3, 0.4) is 0 Å². The van der Waals surface area contributed by atoms with Crippen LogP contribution in [0, 0.1) is 0 Å². The summed E-state index contributed by atoms with van der Waals surface area (Å²) in [5.74, 6) is 0.467. The van der Waals surface area contributed by atoms with Crippen molar-refractivity contribution >= 4 is 22.9 Å². The molecule has 2 atom stereocenters. The zero-order valence-electron chi connectivity index (χ0n) is 11.3. The van der Waals surface area contributed by atoms with E-state index in [0.29, 0.717) is 5.88 Å². The Morgan fingerprint density at radius 3 is 2.90 bits per heavy atom. The molecule has 5 heteroatoms. The second-order valence-corrected chi connectivity index (χ2v) is 7.11. The molecule has 2 heterocycles. The Bertz CT molecular complexity index is 712. The lowest BCUT2D eigenvalue weighted by molar-refractivity contribution is -0.153. The Kier molecular flexibility index (Phi) is 3.17. The van der Waals surface area contributed by atoms with E-state index in [4.69, 9.17) is 22.2 Å². The first-order valence-corrected chi connectivity index (χ1v) is 8.18. The third kappa shape index (κ3) is 2.24. The average molecular weight is 319 g/mol. The number of benzene rings is 1. The van der Waals surface area contributed by atoms with Gasteiger partial charge >= 0.3 is 0 Å². The molecule has 108 valence electrons. The van der Waals surface area contributed by atoms with E-state index in [1.54, 1.807) is 11.3 Å². The largest absolute Gasteiger partial charge is 0.387 e. The number of halogens is 1. The highest BCUT2D eigenvalue weighted by Crippen LogP contribution is 2.45. The molecule has 0 amide bonds. The maximum Gasteiger partial charge on any atom is 0.207 e. The molecule has 1 aromatic carbocycles. The van der Waals surface area contributed by atoms with Crippen LogP contribution in [0.15, 0.2) is 48.4 Å². The summed E-state index contributed by atoms with van der Waals surface area (Å²) in [6, 6.07) is 12.8. The first kappa shape index (κ1) is 13.2. The van der Waals surface area contributed by atoms with E-state index in [1.807, 2.05) is 23.3 Å². The predicted octanol–water partition coefficient (Wildman–Crippen LogP) is 4.18. The van der Waals surface area contributed by atoms with Crippen LogP contribution in [0.5, 0.6) is 0 Å². The van der Waals surface area contributed by atoms with Gasteiger partial charge in [-0.15, -0.1) is 16.4 Å². The average Bonchev–Trinajstić information content (AvgIpc) is 3.16. The Balaban J connectivity index is 1.69. The van der Waals surface area contributed by atoms with Crippen molar-refractivity contribution in [3.8, 4) is 0 Å². The number of rotatable bonds is 2. The van der Waals surface area contributed by atoms with Crippen molar-refractivity contribution in [1.29, 1.82) is 0 Å². The highest BCUT2D eigenvalue weighted by Gasteiger charge is 2.38. The molecule has 2 N–H and O–H groups in total.